The van der Waals surface area contributed by atoms with Crippen LogP contribution in [0.15, 0.2) is 18.2 Å². The van der Waals surface area contributed by atoms with Crippen molar-refractivity contribution in [3.63, 3.8) is 0 Å². The molecule has 3 nitrogen and oxygen atoms in total. The molecule has 0 saturated heterocycles. The third kappa shape index (κ3) is 3.80. The van der Waals surface area contributed by atoms with Crippen LogP contribution in [-0.4, -0.2) is 19.6 Å². The van der Waals surface area contributed by atoms with Gasteiger partial charge in [-0.2, -0.15) is 0 Å². The second kappa shape index (κ2) is 5.61. The zero-order valence-corrected chi connectivity index (χ0v) is 9.60. The predicted molar refractivity (Wildman–Crippen MR) is 61.3 cm³/mol. The molecule has 0 spiro atoms. The van der Waals surface area contributed by atoms with E-state index in [1.807, 2.05) is 25.1 Å². The number of carbonyl (C=O) groups excluding carboxylic acids is 1. The van der Waals surface area contributed by atoms with Gasteiger partial charge in [0.05, 0.1) is 13.5 Å². The van der Waals surface area contributed by atoms with Gasteiger partial charge in [0, 0.05) is 17.3 Å². The molecule has 1 aromatic rings. The zero-order chi connectivity index (χ0) is 11.3. The first kappa shape index (κ1) is 11.9. The van der Waals surface area contributed by atoms with Crippen molar-refractivity contribution in [1.29, 1.82) is 0 Å². The number of hydrogen-bond acceptors (Lipinski definition) is 3. The predicted octanol–water partition coefficient (Wildman–Crippen LogP) is 2.62. The van der Waals surface area contributed by atoms with E-state index in [2.05, 4.69) is 10.1 Å². The number of rotatable bonds is 4. The third-order valence-electron chi connectivity index (χ3n) is 2.07. The molecule has 0 atom stereocenters. The maximum absolute atomic E-state index is 10.9. The van der Waals surface area contributed by atoms with E-state index < -0.39 is 0 Å². The Morgan fingerprint density at radius 2 is 2.27 bits per heavy atom. The smallest absolute Gasteiger partial charge is 0.307 e. The maximum atomic E-state index is 10.9. The summed E-state index contributed by atoms with van der Waals surface area (Å²) >= 11 is 5.85. The Labute approximate surface area is 94.4 Å². The van der Waals surface area contributed by atoms with Gasteiger partial charge >= 0.3 is 5.97 Å². The summed E-state index contributed by atoms with van der Waals surface area (Å²) in [6, 6.07) is 5.61. The number of nitrogens with one attached hydrogen (secondary N) is 1. The summed E-state index contributed by atoms with van der Waals surface area (Å²) in [7, 11) is 1.38. The quantitative estimate of drug-likeness (QED) is 0.804. The number of hydrogen-bond donors (Lipinski definition) is 1. The van der Waals surface area contributed by atoms with E-state index in [4.69, 9.17) is 11.6 Å². The van der Waals surface area contributed by atoms with Crippen LogP contribution in [0.2, 0.25) is 5.02 Å². The van der Waals surface area contributed by atoms with E-state index in [-0.39, 0.29) is 5.97 Å². The molecule has 1 aromatic carbocycles. The third-order valence-corrected chi connectivity index (χ3v) is 2.31. The number of halogens is 1. The van der Waals surface area contributed by atoms with Crippen LogP contribution in [0.25, 0.3) is 0 Å². The molecule has 4 heteroatoms. The lowest BCUT2D eigenvalue weighted by molar-refractivity contribution is -0.140. The molecule has 0 heterocycles. The van der Waals surface area contributed by atoms with E-state index in [9.17, 15) is 4.79 Å². The van der Waals surface area contributed by atoms with Crippen molar-refractivity contribution in [1.82, 2.24) is 0 Å². The van der Waals surface area contributed by atoms with Crippen LogP contribution in [-0.2, 0) is 9.53 Å². The van der Waals surface area contributed by atoms with Crippen LogP contribution in [0, 0.1) is 6.92 Å². The van der Waals surface area contributed by atoms with Gasteiger partial charge in [0.15, 0.2) is 0 Å². The van der Waals surface area contributed by atoms with Crippen molar-refractivity contribution in [3.05, 3.63) is 28.8 Å². The molecule has 1 rings (SSSR count). The van der Waals surface area contributed by atoms with Crippen molar-refractivity contribution in [3.8, 4) is 0 Å². The molecular weight excluding hydrogens is 214 g/mol. The van der Waals surface area contributed by atoms with Gasteiger partial charge in [-0.15, -0.1) is 0 Å². The molecule has 0 radical (unpaired) electrons. The van der Waals surface area contributed by atoms with Gasteiger partial charge in [-0.05, 0) is 24.6 Å². The van der Waals surface area contributed by atoms with Crippen LogP contribution in [0.1, 0.15) is 12.0 Å². The Bertz CT molecular complexity index is 352. The normalized spacial score (nSPS) is 9.80. The van der Waals surface area contributed by atoms with Gasteiger partial charge in [0.25, 0.3) is 0 Å². The summed E-state index contributed by atoms with van der Waals surface area (Å²) in [5, 5.41) is 3.82. The molecule has 0 aliphatic rings. The second-order valence-electron chi connectivity index (χ2n) is 3.21. The zero-order valence-electron chi connectivity index (χ0n) is 8.84. The molecule has 0 aliphatic heterocycles. The van der Waals surface area contributed by atoms with Crippen molar-refractivity contribution in [2.45, 2.75) is 13.3 Å². The average molecular weight is 228 g/mol. The SMILES string of the molecule is COC(=O)CCNc1cc(Cl)ccc1C. The highest BCUT2D eigenvalue weighted by molar-refractivity contribution is 6.30. The molecule has 1 N–H and O–H groups in total. The summed E-state index contributed by atoms with van der Waals surface area (Å²) < 4.78 is 4.54. The first-order valence-electron chi connectivity index (χ1n) is 4.70. The fourth-order valence-electron chi connectivity index (χ4n) is 1.19. The maximum Gasteiger partial charge on any atom is 0.307 e. The fraction of sp³-hybridized carbons (Fsp3) is 0.364. The van der Waals surface area contributed by atoms with Crippen LogP contribution >= 0.6 is 11.6 Å². The van der Waals surface area contributed by atoms with E-state index in [0.717, 1.165) is 11.3 Å². The van der Waals surface area contributed by atoms with E-state index in [1.165, 1.54) is 7.11 Å². The summed E-state index contributed by atoms with van der Waals surface area (Å²) in [6.07, 6.45) is 0.350. The van der Waals surface area contributed by atoms with Gasteiger partial charge in [0.2, 0.25) is 0 Å². The van der Waals surface area contributed by atoms with Crippen molar-refractivity contribution < 1.29 is 9.53 Å². The number of ether oxygens (including phenoxy) is 1. The van der Waals surface area contributed by atoms with Crippen LogP contribution < -0.4 is 5.32 Å². The standard InChI is InChI=1S/C11H14ClNO2/c1-8-3-4-9(12)7-10(8)13-6-5-11(14)15-2/h3-4,7,13H,5-6H2,1-2H3. The van der Waals surface area contributed by atoms with Gasteiger partial charge in [-0.3, -0.25) is 4.79 Å². The van der Waals surface area contributed by atoms with E-state index in [0.29, 0.717) is 18.0 Å². The van der Waals surface area contributed by atoms with E-state index in [1.54, 1.807) is 0 Å². The number of carbonyl (C=O) groups is 1. The van der Waals surface area contributed by atoms with Gasteiger partial charge in [-0.1, -0.05) is 17.7 Å². The highest BCUT2D eigenvalue weighted by atomic mass is 35.5. The minimum absolute atomic E-state index is 0.220. The minimum atomic E-state index is -0.220. The fourth-order valence-corrected chi connectivity index (χ4v) is 1.36. The average Bonchev–Trinajstić information content (AvgIpc) is 2.23. The Hall–Kier alpha value is -1.22. The first-order chi connectivity index (χ1) is 7.13. The lowest BCUT2D eigenvalue weighted by Crippen LogP contribution is -2.10. The number of benzene rings is 1. The van der Waals surface area contributed by atoms with Crippen LogP contribution in [0.3, 0.4) is 0 Å². The molecule has 0 saturated carbocycles. The first-order valence-corrected chi connectivity index (χ1v) is 5.08. The van der Waals surface area contributed by atoms with Gasteiger partial charge in [-0.25, -0.2) is 0 Å². The van der Waals surface area contributed by atoms with Gasteiger partial charge in [0.1, 0.15) is 0 Å². The monoisotopic (exact) mass is 227 g/mol. The van der Waals surface area contributed by atoms with Crippen LogP contribution in [0.5, 0.6) is 0 Å². The molecule has 15 heavy (non-hydrogen) atoms. The largest absolute Gasteiger partial charge is 0.469 e. The van der Waals surface area contributed by atoms with Gasteiger partial charge < -0.3 is 10.1 Å². The summed E-state index contributed by atoms with van der Waals surface area (Å²) in [6.45, 7) is 2.53. The topological polar surface area (TPSA) is 38.3 Å². The Morgan fingerprint density at radius 1 is 1.53 bits per heavy atom. The molecule has 0 unspecified atom stereocenters. The van der Waals surface area contributed by atoms with Crippen molar-refractivity contribution >= 4 is 23.3 Å². The summed E-state index contributed by atoms with van der Waals surface area (Å²) in [5.41, 5.74) is 2.05. The lowest BCUT2D eigenvalue weighted by atomic mass is 10.2. The van der Waals surface area contributed by atoms with E-state index >= 15 is 0 Å². The molecule has 0 aliphatic carbocycles. The molecule has 0 bridgehead atoms. The van der Waals surface area contributed by atoms with Crippen molar-refractivity contribution in [2.75, 3.05) is 19.0 Å². The Balaban J connectivity index is 2.50. The number of methoxy groups -OCH3 is 1. The highest BCUT2D eigenvalue weighted by Gasteiger charge is 2.01. The molecule has 0 aromatic heterocycles. The second-order valence-corrected chi connectivity index (χ2v) is 3.65. The molecule has 0 amide bonds. The van der Waals surface area contributed by atoms with Crippen molar-refractivity contribution in [2.24, 2.45) is 0 Å². The number of aryl methyl sites for hydroxylation is 1. The number of anilines is 1. The summed E-state index contributed by atoms with van der Waals surface area (Å²) in [4.78, 5) is 10.9. The van der Waals surface area contributed by atoms with Crippen LogP contribution in [0.4, 0.5) is 5.69 Å². The molecule has 82 valence electrons. The minimum Gasteiger partial charge on any atom is -0.469 e. The number of esters is 1. The lowest BCUT2D eigenvalue weighted by Gasteiger charge is -2.08. The molecule has 0 fully saturated rings. The Kier molecular flexibility index (Phi) is 4.43. The summed E-state index contributed by atoms with van der Waals surface area (Å²) in [5.74, 6) is -0.220. The Morgan fingerprint density at radius 3 is 2.93 bits per heavy atom. The molecular formula is C11H14ClNO2. The highest BCUT2D eigenvalue weighted by Crippen LogP contribution is 2.19.